The van der Waals surface area contributed by atoms with Crippen molar-refractivity contribution in [1.29, 1.82) is 0 Å². The maximum Gasteiger partial charge on any atom is 0.126 e. The first-order valence-electron chi connectivity index (χ1n) is 5.72. The van der Waals surface area contributed by atoms with E-state index in [1.54, 1.807) is 0 Å². The number of hydrogen-bond acceptors (Lipinski definition) is 2. The van der Waals surface area contributed by atoms with E-state index in [-0.39, 0.29) is 12.5 Å². The maximum absolute atomic E-state index is 13.0. The van der Waals surface area contributed by atoms with Crippen LogP contribution >= 0.6 is 0 Å². The van der Waals surface area contributed by atoms with Crippen molar-refractivity contribution in [3.8, 4) is 0 Å². The average molecular weight is 244 g/mol. The number of hydrogen-bond donors (Lipinski definition) is 1. The number of ether oxygens (including phenoxy) is 1. The lowest BCUT2D eigenvalue weighted by atomic mass is 10.0. The highest BCUT2D eigenvalue weighted by molar-refractivity contribution is 5.18. The molecule has 0 saturated heterocycles. The number of benzene rings is 1. The molecule has 2 atom stereocenters. The molecule has 17 heavy (non-hydrogen) atoms. The molecular formula is C13H18F2O2. The van der Waals surface area contributed by atoms with E-state index >= 15 is 0 Å². The fourth-order valence-corrected chi connectivity index (χ4v) is 1.85. The molecule has 1 aromatic rings. The largest absolute Gasteiger partial charge is 0.390 e. The zero-order chi connectivity index (χ0) is 12.8. The summed E-state index contributed by atoms with van der Waals surface area (Å²) in [4.78, 5) is 0. The zero-order valence-corrected chi connectivity index (χ0v) is 10.1. The molecule has 2 nitrogen and oxygen atoms in total. The molecule has 0 fully saturated rings. The Morgan fingerprint density at radius 2 is 1.82 bits per heavy atom. The van der Waals surface area contributed by atoms with Crippen LogP contribution in [0.3, 0.4) is 0 Å². The Balaban J connectivity index is 2.68. The number of methoxy groups -OCH3 is 1. The van der Waals surface area contributed by atoms with Crippen LogP contribution in [0.5, 0.6) is 0 Å². The SMILES string of the molecule is CCCC(OC)C(O)Cc1cc(F)cc(F)c1. The molecule has 1 N–H and O–H groups in total. The molecule has 0 aromatic heterocycles. The summed E-state index contributed by atoms with van der Waals surface area (Å²) in [7, 11) is 1.52. The summed E-state index contributed by atoms with van der Waals surface area (Å²) in [6, 6.07) is 3.27. The Labute approximate surface area is 100 Å². The van der Waals surface area contributed by atoms with Crippen molar-refractivity contribution in [2.75, 3.05) is 7.11 Å². The van der Waals surface area contributed by atoms with Gasteiger partial charge in [0.05, 0.1) is 12.2 Å². The van der Waals surface area contributed by atoms with Crippen LogP contribution in [-0.2, 0) is 11.2 Å². The highest BCUT2D eigenvalue weighted by atomic mass is 19.1. The standard InChI is InChI=1S/C13H18F2O2/c1-3-4-13(17-2)12(16)7-9-5-10(14)8-11(15)6-9/h5-6,8,12-13,16H,3-4,7H2,1-2H3. The number of rotatable bonds is 6. The third-order valence-corrected chi connectivity index (χ3v) is 2.67. The van der Waals surface area contributed by atoms with Gasteiger partial charge in [-0.3, -0.25) is 0 Å². The molecule has 0 aliphatic carbocycles. The van der Waals surface area contributed by atoms with Crippen LogP contribution in [0.1, 0.15) is 25.3 Å². The van der Waals surface area contributed by atoms with E-state index < -0.39 is 17.7 Å². The van der Waals surface area contributed by atoms with Crippen molar-refractivity contribution in [2.45, 2.75) is 38.4 Å². The first-order valence-corrected chi connectivity index (χ1v) is 5.72. The van der Waals surface area contributed by atoms with Crippen molar-refractivity contribution < 1.29 is 18.6 Å². The van der Waals surface area contributed by atoms with Gasteiger partial charge in [-0.1, -0.05) is 13.3 Å². The summed E-state index contributed by atoms with van der Waals surface area (Å²) < 4.78 is 31.1. The first-order chi connectivity index (χ1) is 8.06. The molecule has 0 spiro atoms. The normalized spacial score (nSPS) is 14.6. The highest BCUT2D eigenvalue weighted by Crippen LogP contribution is 2.14. The maximum atomic E-state index is 13.0. The molecule has 0 aliphatic heterocycles. The summed E-state index contributed by atoms with van der Waals surface area (Å²) in [6.07, 6.45) is 0.739. The van der Waals surface area contributed by atoms with Gasteiger partial charge in [0.1, 0.15) is 11.6 Å². The molecule has 96 valence electrons. The third kappa shape index (κ3) is 4.40. The van der Waals surface area contributed by atoms with Gasteiger partial charge in [0, 0.05) is 19.6 Å². The van der Waals surface area contributed by atoms with Crippen LogP contribution in [0.25, 0.3) is 0 Å². The molecule has 0 saturated carbocycles. The second kappa shape index (κ2) is 6.67. The van der Waals surface area contributed by atoms with E-state index in [1.807, 2.05) is 6.92 Å². The Morgan fingerprint density at radius 3 is 2.29 bits per heavy atom. The van der Waals surface area contributed by atoms with E-state index in [1.165, 1.54) is 19.2 Å². The third-order valence-electron chi connectivity index (χ3n) is 2.67. The second-order valence-corrected chi connectivity index (χ2v) is 4.11. The Hall–Kier alpha value is -1.00. The summed E-state index contributed by atoms with van der Waals surface area (Å²) in [5, 5.41) is 9.91. The monoisotopic (exact) mass is 244 g/mol. The van der Waals surface area contributed by atoms with Crippen LogP contribution in [0.2, 0.25) is 0 Å². The minimum Gasteiger partial charge on any atom is -0.390 e. The highest BCUT2D eigenvalue weighted by Gasteiger charge is 2.18. The second-order valence-electron chi connectivity index (χ2n) is 4.11. The molecule has 0 radical (unpaired) electrons. The van der Waals surface area contributed by atoms with E-state index in [9.17, 15) is 13.9 Å². The lowest BCUT2D eigenvalue weighted by Crippen LogP contribution is -2.29. The van der Waals surface area contributed by atoms with Gasteiger partial charge in [-0.2, -0.15) is 0 Å². The average Bonchev–Trinajstić information content (AvgIpc) is 2.24. The minimum atomic E-state index is -0.749. The van der Waals surface area contributed by atoms with Crippen LogP contribution in [-0.4, -0.2) is 24.4 Å². The molecule has 0 aliphatic rings. The molecule has 0 heterocycles. The number of halogens is 2. The van der Waals surface area contributed by atoms with Crippen LogP contribution in [0, 0.1) is 11.6 Å². The van der Waals surface area contributed by atoms with Gasteiger partial charge in [-0.25, -0.2) is 8.78 Å². The van der Waals surface area contributed by atoms with Crippen LogP contribution in [0.4, 0.5) is 8.78 Å². The summed E-state index contributed by atoms with van der Waals surface area (Å²) >= 11 is 0. The zero-order valence-electron chi connectivity index (χ0n) is 10.1. The Bertz CT molecular complexity index is 335. The Kier molecular flexibility index (Phi) is 5.51. The van der Waals surface area contributed by atoms with Gasteiger partial charge < -0.3 is 9.84 Å². The lowest BCUT2D eigenvalue weighted by Gasteiger charge is -2.21. The van der Waals surface area contributed by atoms with Crippen LogP contribution < -0.4 is 0 Å². The van der Waals surface area contributed by atoms with Gasteiger partial charge in [0.25, 0.3) is 0 Å². The topological polar surface area (TPSA) is 29.5 Å². The van der Waals surface area contributed by atoms with E-state index in [0.29, 0.717) is 5.56 Å². The van der Waals surface area contributed by atoms with E-state index in [2.05, 4.69) is 0 Å². The molecule has 2 unspecified atom stereocenters. The number of aliphatic hydroxyl groups excluding tert-OH is 1. The fourth-order valence-electron chi connectivity index (χ4n) is 1.85. The molecular weight excluding hydrogens is 226 g/mol. The smallest absolute Gasteiger partial charge is 0.126 e. The minimum absolute atomic E-state index is 0.188. The van der Waals surface area contributed by atoms with Crippen molar-refractivity contribution in [1.82, 2.24) is 0 Å². The number of aliphatic hydroxyl groups is 1. The van der Waals surface area contributed by atoms with E-state index in [0.717, 1.165) is 18.9 Å². The molecule has 1 rings (SSSR count). The van der Waals surface area contributed by atoms with Gasteiger partial charge in [-0.15, -0.1) is 0 Å². The fraction of sp³-hybridized carbons (Fsp3) is 0.538. The quantitative estimate of drug-likeness (QED) is 0.833. The predicted molar refractivity (Wildman–Crippen MR) is 61.8 cm³/mol. The Morgan fingerprint density at radius 1 is 1.24 bits per heavy atom. The predicted octanol–water partition coefficient (Wildman–Crippen LogP) is 2.68. The first kappa shape index (κ1) is 14.1. The van der Waals surface area contributed by atoms with Crippen molar-refractivity contribution in [3.05, 3.63) is 35.4 Å². The van der Waals surface area contributed by atoms with E-state index in [4.69, 9.17) is 4.74 Å². The van der Waals surface area contributed by atoms with Gasteiger partial charge in [-0.05, 0) is 24.1 Å². The van der Waals surface area contributed by atoms with Crippen molar-refractivity contribution in [3.63, 3.8) is 0 Å². The van der Waals surface area contributed by atoms with Gasteiger partial charge in [0.15, 0.2) is 0 Å². The lowest BCUT2D eigenvalue weighted by molar-refractivity contribution is -0.0159. The molecule has 0 amide bonds. The summed E-state index contributed by atoms with van der Waals surface area (Å²) in [6.45, 7) is 1.99. The summed E-state index contributed by atoms with van der Waals surface area (Å²) in [5.41, 5.74) is 0.438. The molecule has 4 heteroatoms. The molecule has 1 aromatic carbocycles. The van der Waals surface area contributed by atoms with Crippen molar-refractivity contribution in [2.24, 2.45) is 0 Å². The summed E-state index contributed by atoms with van der Waals surface area (Å²) in [5.74, 6) is -1.26. The van der Waals surface area contributed by atoms with Crippen LogP contribution in [0.15, 0.2) is 18.2 Å². The van der Waals surface area contributed by atoms with Crippen molar-refractivity contribution >= 4 is 0 Å². The van der Waals surface area contributed by atoms with Gasteiger partial charge >= 0.3 is 0 Å². The van der Waals surface area contributed by atoms with Gasteiger partial charge in [0.2, 0.25) is 0 Å². The molecule has 0 bridgehead atoms.